The highest BCUT2D eigenvalue weighted by molar-refractivity contribution is 5.91. The average molecular weight is 449 g/mol. The van der Waals surface area contributed by atoms with Gasteiger partial charge < -0.3 is 14.5 Å². The Morgan fingerprint density at radius 2 is 1.85 bits per heavy atom. The first-order valence-corrected chi connectivity index (χ1v) is 12.3. The van der Waals surface area contributed by atoms with Crippen LogP contribution < -0.4 is 10.1 Å². The smallest absolute Gasteiger partial charge is 0.287 e. The molecule has 0 bridgehead atoms. The monoisotopic (exact) mass is 448 g/mol. The van der Waals surface area contributed by atoms with Gasteiger partial charge in [-0.2, -0.15) is 5.26 Å². The first-order chi connectivity index (χ1) is 15.7. The summed E-state index contributed by atoms with van der Waals surface area (Å²) in [7, 11) is 0. The first-order valence-electron chi connectivity index (χ1n) is 12.3. The van der Waals surface area contributed by atoms with Gasteiger partial charge >= 0.3 is 0 Å². The van der Waals surface area contributed by atoms with E-state index < -0.39 is 0 Å². The maximum absolute atomic E-state index is 12.6. The summed E-state index contributed by atoms with van der Waals surface area (Å²) in [6.45, 7) is 11.4. The van der Waals surface area contributed by atoms with Crippen molar-refractivity contribution in [1.82, 2.24) is 5.32 Å². The van der Waals surface area contributed by atoms with Crippen molar-refractivity contribution in [3.63, 3.8) is 0 Å². The number of hydrogen-bond acceptors (Lipinski definition) is 4. The molecule has 2 aromatic rings. The minimum Gasteiger partial charge on any atom is -0.487 e. The average Bonchev–Trinajstić information content (AvgIpc) is 3.27. The van der Waals surface area contributed by atoms with Crippen LogP contribution in [0.2, 0.25) is 0 Å². The Morgan fingerprint density at radius 1 is 1.12 bits per heavy atom. The Balaban J connectivity index is 1.43. The van der Waals surface area contributed by atoms with E-state index in [1.165, 1.54) is 27.8 Å². The van der Waals surface area contributed by atoms with Crippen molar-refractivity contribution >= 4 is 5.91 Å². The summed E-state index contributed by atoms with van der Waals surface area (Å²) in [5.41, 5.74) is 6.16. The predicted molar refractivity (Wildman–Crippen MR) is 129 cm³/mol. The zero-order valence-corrected chi connectivity index (χ0v) is 20.6. The molecule has 0 spiro atoms. The number of furan rings is 1. The third kappa shape index (κ3) is 4.95. The maximum Gasteiger partial charge on any atom is 0.287 e. The summed E-state index contributed by atoms with van der Waals surface area (Å²) in [4.78, 5) is 12.6. The Morgan fingerprint density at radius 3 is 2.55 bits per heavy atom. The third-order valence-corrected chi connectivity index (χ3v) is 7.71. The van der Waals surface area contributed by atoms with Gasteiger partial charge in [-0.25, -0.2) is 0 Å². The van der Waals surface area contributed by atoms with Crippen LogP contribution in [0.1, 0.15) is 90.1 Å². The molecule has 1 saturated carbocycles. The molecule has 176 valence electrons. The van der Waals surface area contributed by atoms with Crippen LogP contribution >= 0.6 is 0 Å². The van der Waals surface area contributed by atoms with E-state index in [4.69, 9.17) is 14.4 Å². The highest BCUT2D eigenvalue weighted by Crippen LogP contribution is 2.41. The predicted octanol–water partition coefficient (Wildman–Crippen LogP) is 5.96. The largest absolute Gasteiger partial charge is 0.487 e. The summed E-state index contributed by atoms with van der Waals surface area (Å²) in [5, 5.41) is 12.1. The van der Waals surface area contributed by atoms with Gasteiger partial charge in [0.25, 0.3) is 5.91 Å². The molecule has 0 atom stereocenters. The second kappa shape index (κ2) is 9.25. The minimum atomic E-state index is -0.158. The third-order valence-electron chi connectivity index (χ3n) is 7.71. The molecule has 33 heavy (non-hydrogen) atoms. The molecule has 1 amide bonds. The van der Waals surface area contributed by atoms with E-state index in [1.807, 2.05) is 6.07 Å². The first kappa shape index (κ1) is 23.4. The molecule has 1 N–H and O–H groups in total. The number of ether oxygens (including phenoxy) is 1. The van der Waals surface area contributed by atoms with Crippen LogP contribution in [0, 0.1) is 43.9 Å². The van der Waals surface area contributed by atoms with Gasteiger partial charge in [-0.15, -0.1) is 0 Å². The quantitative estimate of drug-likeness (QED) is 0.612. The van der Waals surface area contributed by atoms with Crippen LogP contribution in [0.4, 0.5) is 0 Å². The van der Waals surface area contributed by atoms with Crippen molar-refractivity contribution in [1.29, 1.82) is 5.26 Å². The second-order valence-electron chi connectivity index (χ2n) is 10.5. The van der Waals surface area contributed by atoms with Gasteiger partial charge in [-0.1, -0.05) is 0 Å². The van der Waals surface area contributed by atoms with Crippen LogP contribution in [0.5, 0.6) is 5.75 Å². The van der Waals surface area contributed by atoms with Crippen LogP contribution in [0.15, 0.2) is 16.5 Å². The van der Waals surface area contributed by atoms with E-state index in [0.717, 1.165) is 50.0 Å². The summed E-state index contributed by atoms with van der Waals surface area (Å²) >= 11 is 0. The molecule has 5 nitrogen and oxygen atoms in total. The molecule has 1 fully saturated rings. The molecular formula is C28H36N2O3. The lowest BCUT2D eigenvalue weighted by molar-refractivity contribution is 0.0833. The maximum atomic E-state index is 12.6. The summed E-state index contributed by atoms with van der Waals surface area (Å²) < 4.78 is 12.3. The van der Waals surface area contributed by atoms with Crippen molar-refractivity contribution in [3.8, 4) is 11.8 Å². The van der Waals surface area contributed by atoms with Gasteiger partial charge in [0.15, 0.2) is 5.76 Å². The van der Waals surface area contributed by atoms with Gasteiger partial charge in [0.05, 0.1) is 6.07 Å². The Hall–Kier alpha value is -2.74. The van der Waals surface area contributed by atoms with Crippen LogP contribution in [0.3, 0.4) is 0 Å². The van der Waals surface area contributed by atoms with Crippen molar-refractivity contribution in [2.75, 3.05) is 6.54 Å². The molecule has 0 radical (unpaired) electrons. The van der Waals surface area contributed by atoms with E-state index >= 15 is 0 Å². The van der Waals surface area contributed by atoms with Gasteiger partial charge in [0, 0.05) is 18.9 Å². The molecule has 1 aromatic heterocycles. The fourth-order valence-electron chi connectivity index (χ4n) is 5.30. The summed E-state index contributed by atoms with van der Waals surface area (Å²) in [6.07, 6.45) is 6.56. The summed E-state index contributed by atoms with van der Waals surface area (Å²) in [5.74, 6) is 2.69. The molecule has 1 aliphatic heterocycles. The lowest BCUT2D eigenvalue weighted by Crippen LogP contribution is -2.33. The number of hydrogen-bond donors (Lipinski definition) is 1. The number of carbonyl (C=O) groups excluding carboxylic acids is 1. The lowest BCUT2D eigenvalue weighted by atomic mass is 9.83. The normalized spacial score (nSPS) is 21.6. The van der Waals surface area contributed by atoms with Gasteiger partial charge in [-0.3, -0.25) is 4.79 Å². The van der Waals surface area contributed by atoms with Crippen molar-refractivity contribution in [2.45, 2.75) is 85.2 Å². The van der Waals surface area contributed by atoms with E-state index in [-0.39, 0.29) is 17.4 Å². The van der Waals surface area contributed by atoms with E-state index in [2.05, 4.69) is 46.0 Å². The molecule has 1 aliphatic carbocycles. The molecule has 5 heteroatoms. The van der Waals surface area contributed by atoms with Crippen LogP contribution in [-0.4, -0.2) is 18.1 Å². The highest BCUT2D eigenvalue weighted by Gasteiger charge is 2.31. The standard InChI is InChI=1S/C28H36N2O3/c1-17-18(2)26-23(12-13-28(4,5)33-26)19(3)24(17)14-22-10-11-25(32-22)27(31)30-16-21-8-6-20(15-29)7-9-21/h10-11,20-21H,6-9,12-14,16H2,1-5H3,(H,30,31). The van der Waals surface area contributed by atoms with Gasteiger partial charge in [-0.05, 0) is 119 Å². The van der Waals surface area contributed by atoms with E-state index in [0.29, 0.717) is 24.6 Å². The number of amides is 1. The fraction of sp³-hybridized carbons (Fsp3) is 0.571. The molecule has 4 rings (SSSR count). The van der Waals surface area contributed by atoms with Crippen LogP contribution in [0.25, 0.3) is 0 Å². The number of fused-ring (bicyclic) bond motifs is 1. The molecule has 0 unspecified atom stereocenters. The van der Waals surface area contributed by atoms with E-state index in [1.54, 1.807) is 6.07 Å². The number of nitrogens with zero attached hydrogens (tertiary/aromatic N) is 1. The summed E-state index contributed by atoms with van der Waals surface area (Å²) in [6, 6.07) is 6.05. The zero-order chi connectivity index (χ0) is 23.8. The number of benzene rings is 1. The Bertz CT molecular complexity index is 1080. The lowest BCUT2D eigenvalue weighted by Gasteiger charge is -2.35. The Labute approximate surface area is 197 Å². The molecule has 2 heterocycles. The number of rotatable bonds is 5. The minimum absolute atomic E-state index is 0.128. The SMILES string of the molecule is Cc1c(C)c2c(c(C)c1Cc1ccc(C(=O)NCC3CCC(C#N)CC3)o1)CCC(C)(C)O2. The van der Waals surface area contributed by atoms with Gasteiger partial charge in [0.2, 0.25) is 0 Å². The molecule has 1 aromatic carbocycles. The fourth-order valence-corrected chi connectivity index (χ4v) is 5.30. The molecular weight excluding hydrogens is 412 g/mol. The molecule has 2 aliphatic rings. The number of nitrogens with one attached hydrogen (secondary N) is 1. The van der Waals surface area contributed by atoms with Gasteiger partial charge in [0.1, 0.15) is 17.1 Å². The topological polar surface area (TPSA) is 75.3 Å². The van der Waals surface area contributed by atoms with Crippen molar-refractivity contribution in [2.24, 2.45) is 11.8 Å². The van der Waals surface area contributed by atoms with E-state index in [9.17, 15) is 4.79 Å². The highest BCUT2D eigenvalue weighted by atomic mass is 16.5. The zero-order valence-electron chi connectivity index (χ0n) is 20.6. The number of nitriles is 1. The number of carbonyl (C=O) groups is 1. The van der Waals surface area contributed by atoms with Crippen molar-refractivity contribution < 1.29 is 13.9 Å². The Kier molecular flexibility index (Phi) is 6.56. The second-order valence-corrected chi connectivity index (χ2v) is 10.5. The van der Waals surface area contributed by atoms with Crippen LogP contribution in [-0.2, 0) is 12.8 Å². The van der Waals surface area contributed by atoms with Crippen molar-refractivity contribution in [3.05, 3.63) is 51.5 Å². The molecule has 0 saturated heterocycles.